The van der Waals surface area contributed by atoms with Gasteiger partial charge in [-0.15, -0.1) is 0 Å². The highest BCUT2D eigenvalue weighted by molar-refractivity contribution is 5.97. The molecule has 0 aromatic heterocycles. The van der Waals surface area contributed by atoms with Crippen molar-refractivity contribution in [3.63, 3.8) is 0 Å². The van der Waals surface area contributed by atoms with Crippen molar-refractivity contribution in [3.8, 4) is 0 Å². The highest BCUT2D eigenvalue weighted by Gasteiger charge is 2.23. The van der Waals surface area contributed by atoms with E-state index in [1.807, 2.05) is 24.3 Å². The number of amidine groups is 1. The summed E-state index contributed by atoms with van der Waals surface area (Å²) in [6, 6.07) is 7.90. The highest BCUT2D eigenvalue weighted by atomic mass is 16.4. The van der Waals surface area contributed by atoms with Gasteiger partial charge in [0, 0.05) is 24.3 Å². The Balaban J connectivity index is 2.10. The lowest BCUT2D eigenvalue weighted by molar-refractivity contribution is 0.318. The topological polar surface area (TPSA) is 61.8 Å². The molecule has 0 amide bonds. The smallest absolute Gasteiger partial charge is 0.170 e. The molecule has 4 nitrogen and oxygen atoms in total. The van der Waals surface area contributed by atoms with Crippen LogP contribution in [0.25, 0.3) is 0 Å². The lowest BCUT2D eigenvalue weighted by Gasteiger charge is -2.25. The van der Waals surface area contributed by atoms with E-state index in [1.165, 1.54) is 24.9 Å². The molecule has 0 unspecified atom stereocenters. The van der Waals surface area contributed by atoms with Crippen LogP contribution in [-0.4, -0.2) is 24.1 Å². The maximum atomic E-state index is 8.65. The summed E-state index contributed by atoms with van der Waals surface area (Å²) in [5.41, 5.74) is 7.98. The van der Waals surface area contributed by atoms with Crippen LogP contribution in [0.15, 0.2) is 29.4 Å². The van der Waals surface area contributed by atoms with Gasteiger partial charge in [0.15, 0.2) is 5.84 Å². The number of benzene rings is 1. The van der Waals surface area contributed by atoms with Gasteiger partial charge in [-0.25, -0.2) is 0 Å². The zero-order valence-electron chi connectivity index (χ0n) is 11.8. The molecule has 4 heteroatoms. The van der Waals surface area contributed by atoms with Crippen LogP contribution < -0.4 is 10.6 Å². The summed E-state index contributed by atoms with van der Waals surface area (Å²) in [7, 11) is 0. The minimum atomic E-state index is 0.156. The van der Waals surface area contributed by atoms with Gasteiger partial charge in [-0.3, -0.25) is 0 Å². The van der Waals surface area contributed by atoms with E-state index in [4.69, 9.17) is 10.9 Å². The van der Waals surface area contributed by atoms with Crippen molar-refractivity contribution in [2.45, 2.75) is 33.1 Å². The zero-order chi connectivity index (χ0) is 13.9. The molecular weight excluding hydrogens is 238 g/mol. The van der Waals surface area contributed by atoms with E-state index in [-0.39, 0.29) is 5.84 Å². The molecule has 1 saturated heterocycles. The van der Waals surface area contributed by atoms with Gasteiger partial charge in [0.25, 0.3) is 0 Å². The molecule has 0 radical (unpaired) electrons. The second-order valence-corrected chi connectivity index (χ2v) is 6.04. The number of hydrogen-bond acceptors (Lipinski definition) is 3. The van der Waals surface area contributed by atoms with Crippen molar-refractivity contribution < 1.29 is 5.21 Å². The molecule has 0 aliphatic carbocycles. The van der Waals surface area contributed by atoms with Crippen LogP contribution in [0.4, 0.5) is 5.69 Å². The van der Waals surface area contributed by atoms with Gasteiger partial charge in [0.05, 0.1) is 0 Å². The molecule has 0 bridgehead atoms. The van der Waals surface area contributed by atoms with Crippen molar-refractivity contribution in [2.75, 3.05) is 18.0 Å². The largest absolute Gasteiger partial charge is 0.409 e. The molecule has 1 aliphatic rings. The van der Waals surface area contributed by atoms with Crippen molar-refractivity contribution in [1.82, 2.24) is 0 Å². The van der Waals surface area contributed by atoms with E-state index in [0.29, 0.717) is 5.41 Å². The van der Waals surface area contributed by atoms with Crippen LogP contribution in [0.2, 0.25) is 0 Å². The molecule has 1 fully saturated rings. The molecule has 3 N–H and O–H groups in total. The summed E-state index contributed by atoms with van der Waals surface area (Å²) in [5.74, 6) is 0.156. The Labute approximate surface area is 114 Å². The van der Waals surface area contributed by atoms with Crippen molar-refractivity contribution in [2.24, 2.45) is 16.3 Å². The Morgan fingerprint density at radius 2 is 1.89 bits per heavy atom. The monoisotopic (exact) mass is 261 g/mol. The quantitative estimate of drug-likeness (QED) is 0.372. The molecular formula is C15H23N3O. The second kappa shape index (κ2) is 5.51. The second-order valence-electron chi connectivity index (χ2n) is 6.04. The van der Waals surface area contributed by atoms with Gasteiger partial charge in [0.2, 0.25) is 0 Å². The lowest BCUT2D eigenvalue weighted by Crippen LogP contribution is -2.25. The summed E-state index contributed by atoms with van der Waals surface area (Å²) in [4.78, 5) is 2.42. The van der Waals surface area contributed by atoms with E-state index < -0.39 is 0 Å². The summed E-state index contributed by atoms with van der Waals surface area (Å²) in [6.07, 6.45) is 3.73. The first kappa shape index (κ1) is 13.7. The number of rotatable bonds is 2. The Morgan fingerprint density at radius 1 is 1.21 bits per heavy atom. The number of anilines is 1. The lowest BCUT2D eigenvalue weighted by atomic mass is 9.85. The minimum absolute atomic E-state index is 0.156. The van der Waals surface area contributed by atoms with E-state index in [1.54, 1.807) is 0 Å². The zero-order valence-corrected chi connectivity index (χ0v) is 11.8. The predicted octanol–water partition coefficient (Wildman–Crippen LogP) is 2.80. The first-order valence-corrected chi connectivity index (χ1v) is 6.85. The number of nitrogens with two attached hydrogens (primary N) is 1. The first-order chi connectivity index (χ1) is 9.02. The molecule has 1 aromatic carbocycles. The maximum absolute atomic E-state index is 8.65. The molecule has 1 heterocycles. The third-order valence-electron chi connectivity index (χ3n) is 3.98. The number of hydrogen-bond donors (Lipinski definition) is 2. The van der Waals surface area contributed by atoms with E-state index >= 15 is 0 Å². The molecule has 0 spiro atoms. The van der Waals surface area contributed by atoms with Crippen LogP contribution in [0.1, 0.15) is 38.7 Å². The Bertz CT molecular complexity index is 451. The van der Waals surface area contributed by atoms with Gasteiger partial charge in [-0.05, 0) is 48.9 Å². The van der Waals surface area contributed by atoms with Crippen LogP contribution in [0.5, 0.6) is 0 Å². The van der Waals surface area contributed by atoms with Gasteiger partial charge in [0.1, 0.15) is 0 Å². The standard InChI is InChI=1S/C15H23N3O/c1-15(2)8-3-10-18(11-9-15)13-6-4-12(5-7-13)14(16)17-19/h4-7,19H,3,8-11H2,1-2H3,(H2,16,17). The van der Waals surface area contributed by atoms with Crippen LogP contribution in [0.3, 0.4) is 0 Å². The van der Waals surface area contributed by atoms with E-state index in [9.17, 15) is 0 Å². The molecule has 1 aliphatic heterocycles. The fourth-order valence-corrected chi connectivity index (χ4v) is 2.58. The minimum Gasteiger partial charge on any atom is -0.409 e. The van der Waals surface area contributed by atoms with Crippen LogP contribution in [-0.2, 0) is 0 Å². The van der Waals surface area contributed by atoms with Crippen molar-refractivity contribution in [1.29, 1.82) is 0 Å². The van der Waals surface area contributed by atoms with Gasteiger partial charge in [-0.1, -0.05) is 19.0 Å². The molecule has 104 valence electrons. The fourth-order valence-electron chi connectivity index (χ4n) is 2.58. The third kappa shape index (κ3) is 3.40. The Kier molecular flexibility index (Phi) is 3.98. The van der Waals surface area contributed by atoms with Crippen molar-refractivity contribution in [3.05, 3.63) is 29.8 Å². The molecule has 0 atom stereocenters. The molecule has 1 aromatic rings. The highest BCUT2D eigenvalue weighted by Crippen LogP contribution is 2.31. The first-order valence-electron chi connectivity index (χ1n) is 6.85. The summed E-state index contributed by atoms with van der Waals surface area (Å²) in [6.45, 7) is 6.89. The average Bonchev–Trinajstić information content (AvgIpc) is 2.59. The maximum Gasteiger partial charge on any atom is 0.170 e. The Morgan fingerprint density at radius 3 is 2.53 bits per heavy atom. The fraction of sp³-hybridized carbons (Fsp3) is 0.533. The van der Waals surface area contributed by atoms with E-state index in [2.05, 4.69) is 23.9 Å². The Hall–Kier alpha value is -1.71. The summed E-state index contributed by atoms with van der Waals surface area (Å²) >= 11 is 0. The normalized spacial score (nSPS) is 20.1. The molecule has 2 rings (SSSR count). The van der Waals surface area contributed by atoms with E-state index in [0.717, 1.165) is 18.7 Å². The van der Waals surface area contributed by atoms with Gasteiger partial charge in [-0.2, -0.15) is 0 Å². The average molecular weight is 261 g/mol. The van der Waals surface area contributed by atoms with Crippen molar-refractivity contribution >= 4 is 11.5 Å². The predicted molar refractivity (Wildman–Crippen MR) is 78.8 cm³/mol. The summed E-state index contributed by atoms with van der Waals surface area (Å²) < 4.78 is 0. The molecule has 0 saturated carbocycles. The summed E-state index contributed by atoms with van der Waals surface area (Å²) in [5, 5.41) is 11.7. The number of nitrogens with zero attached hydrogens (tertiary/aromatic N) is 2. The van der Waals surface area contributed by atoms with Gasteiger partial charge >= 0.3 is 0 Å². The molecule has 19 heavy (non-hydrogen) atoms. The van der Waals surface area contributed by atoms with Crippen LogP contribution >= 0.6 is 0 Å². The van der Waals surface area contributed by atoms with Gasteiger partial charge < -0.3 is 15.8 Å². The SMILES string of the molecule is CC1(C)CCCN(c2ccc(C(N)=NO)cc2)CC1. The van der Waals surface area contributed by atoms with Crippen LogP contribution in [0, 0.1) is 5.41 Å². The third-order valence-corrected chi connectivity index (χ3v) is 3.98. The number of oxime groups is 1.